The number of nitrogens with zero attached hydrogens (tertiary/aromatic N) is 1. The molecule has 3 rings (SSSR count). The number of aryl methyl sites for hydroxylation is 1. The van der Waals surface area contributed by atoms with Crippen LogP contribution in [-0.2, 0) is 16.0 Å². The molecule has 1 saturated heterocycles. The average molecular weight is 396 g/mol. The van der Waals surface area contributed by atoms with Crippen molar-refractivity contribution in [1.29, 1.82) is 0 Å². The molecule has 29 heavy (non-hydrogen) atoms. The summed E-state index contributed by atoms with van der Waals surface area (Å²) >= 11 is 0. The second-order valence-electron chi connectivity index (χ2n) is 7.63. The van der Waals surface area contributed by atoms with Gasteiger partial charge in [0.2, 0.25) is 0 Å². The molecule has 6 nitrogen and oxygen atoms in total. The number of hydrogen-bond donors (Lipinski definition) is 2. The van der Waals surface area contributed by atoms with Gasteiger partial charge in [0.1, 0.15) is 6.10 Å². The maximum Gasteiger partial charge on any atom is 0.254 e. The number of nitrogens with one attached hydrogen (secondary N) is 2. The Morgan fingerprint density at radius 2 is 1.86 bits per heavy atom. The van der Waals surface area contributed by atoms with Crippen LogP contribution in [-0.4, -0.2) is 55.6 Å². The SMILES string of the molecule is Cc1cccc(NC(=O)[C@H]2CN(C)C[C@@H](C)O2)c1C(=O)NCCc1ccccc1. The van der Waals surface area contributed by atoms with E-state index in [2.05, 4.69) is 15.5 Å². The minimum absolute atomic E-state index is 0.0113. The molecule has 2 atom stereocenters. The summed E-state index contributed by atoms with van der Waals surface area (Å²) in [6, 6.07) is 15.5. The second-order valence-corrected chi connectivity index (χ2v) is 7.63. The molecule has 0 spiro atoms. The molecule has 1 aliphatic rings. The number of hydrogen-bond acceptors (Lipinski definition) is 4. The average Bonchev–Trinajstić information content (AvgIpc) is 2.68. The largest absolute Gasteiger partial charge is 0.363 e. The fourth-order valence-corrected chi connectivity index (χ4v) is 3.65. The molecular weight excluding hydrogens is 366 g/mol. The molecular formula is C23H29N3O3. The molecule has 1 aliphatic heterocycles. The highest BCUT2D eigenvalue weighted by molar-refractivity contribution is 6.05. The van der Waals surface area contributed by atoms with Crippen molar-refractivity contribution in [1.82, 2.24) is 10.2 Å². The van der Waals surface area contributed by atoms with Crippen LogP contribution in [0.2, 0.25) is 0 Å². The predicted octanol–water partition coefficient (Wildman–Crippen LogP) is 2.63. The third kappa shape index (κ3) is 5.65. The molecule has 2 aromatic rings. The Kier molecular flexibility index (Phi) is 7.01. The minimum atomic E-state index is -0.557. The molecule has 2 N–H and O–H groups in total. The molecule has 2 amide bonds. The maximum atomic E-state index is 12.8. The molecule has 0 bridgehead atoms. The van der Waals surface area contributed by atoms with Gasteiger partial charge in [-0.1, -0.05) is 42.5 Å². The van der Waals surface area contributed by atoms with Crippen molar-refractivity contribution in [2.75, 3.05) is 32.0 Å². The highest BCUT2D eigenvalue weighted by atomic mass is 16.5. The van der Waals surface area contributed by atoms with Gasteiger partial charge < -0.3 is 20.3 Å². The van der Waals surface area contributed by atoms with Crippen molar-refractivity contribution in [2.24, 2.45) is 0 Å². The van der Waals surface area contributed by atoms with E-state index in [0.717, 1.165) is 18.5 Å². The lowest BCUT2D eigenvalue weighted by Crippen LogP contribution is -2.49. The van der Waals surface area contributed by atoms with E-state index in [4.69, 9.17) is 4.74 Å². The Labute approximate surface area is 172 Å². The number of likely N-dealkylation sites (N-methyl/N-ethyl adjacent to an activating group) is 1. The lowest BCUT2D eigenvalue weighted by atomic mass is 10.0. The zero-order valence-corrected chi connectivity index (χ0v) is 17.3. The normalized spacial score (nSPS) is 19.6. The summed E-state index contributed by atoms with van der Waals surface area (Å²) in [4.78, 5) is 27.7. The van der Waals surface area contributed by atoms with Crippen molar-refractivity contribution >= 4 is 17.5 Å². The fourth-order valence-electron chi connectivity index (χ4n) is 3.65. The number of carbonyl (C=O) groups is 2. The van der Waals surface area contributed by atoms with Crippen molar-refractivity contribution in [2.45, 2.75) is 32.5 Å². The zero-order chi connectivity index (χ0) is 20.8. The molecule has 0 aliphatic carbocycles. The molecule has 154 valence electrons. The van der Waals surface area contributed by atoms with Gasteiger partial charge in [-0.25, -0.2) is 0 Å². The van der Waals surface area contributed by atoms with Crippen LogP contribution >= 0.6 is 0 Å². The number of rotatable bonds is 6. The number of ether oxygens (including phenoxy) is 1. The second kappa shape index (κ2) is 9.67. The van der Waals surface area contributed by atoms with E-state index in [9.17, 15) is 9.59 Å². The molecule has 6 heteroatoms. The van der Waals surface area contributed by atoms with E-state index < -0.39 is 6.10 Å². The van der Waals surface area contributed by atoms with Gasteiger partial charge >= 0.3 is 0 Å². The van der Waals surface area contributed by atoms with Crippen molar-refractivity contribution in [3.8, 4) is 0 Å². The third-order valence-corrected chi connectivity index (χ3v) is 5.04. The zero-order valence-electron chi connectivity index (χ0n) is 17.3. The van der Waals surface area contributed by atoms with E-state index in [0.29, 0.717) is 24.3 Å². The van der Waals surface area contributed by atoms with Crippen LogP contribution in [0.5, 0.6) is 0 Å². The van der Waals surface area contributed by atoms with Gasteiger partial charge in [-0.15, -0.1) is 0 Å². The van der Waals surface area contributed by atoms with Crippen LogP contribution in [0.25, 0.3) is 0 Å². The van der Waals surface area contributed by atoms with E-state index in [-0.39, 0.29) is 17.9 Å². The van der Waals surface area contributed by atoms with Gasteiger partial charge in [0.05, 0.1) is 17.4 Å². The summed E-state index contributed by atoms with van der Waals surface area (Å²) < 4.78 is 5.78. The first kappa shape index (κ1) is 21.0. The van der Waals surface area contributed by atoms with Crippen molar-refractivity contribution in [3.05, 3.63) is 65.2 Å². The predicted molar refractivity (Wildman–Crippen MR) is 114 cm³/mol. The summed E-state index contributed by atoms with van der Waals surface area (Å²) in [5, 5.41) is 5.87. The van der Waals surface area contributed by atoms with Crippen LogP contribution in [0, 0.1) is 6.92 Å². The summed E-state index contributed by atoms with van der Waals surface area (Å²) in [6.45, 7) is 5.67. The first-order chi connectivity index (χ1) is 13.9. The molecule has 0 unspecified atom stereocenters. The van der Waals surface area contributed by atoms with E-state index in [1.807, 2.05) is 63.4 Å². The Balaban J connectivity index is 1.66. The topological polar surface area (TPSA) is 70.7 Å². The third-order valence-electron chi connectivity index (χ3n) is 5.04. The highest BCUT2D eigenvalue weighted by Gasteiger charge is 2.29. The van der Waals surface area contributed by atoms with Gasteiger partial charge in [-0.05, 0) is 44.5 Å². The summed E-state index contributed by atoms with van der Waals surface area (Å²) in [5.41, 5.74) is 2.98. The van der Waals surface area contributed by atoms with Crippen LogP contribution in [0.1, 0.15) is 28.4 Å². The number of benzene rings is 2. The summed E-state index contributed by atoms with van der Waals surface area (Å²) in [5.74, 6) is -0.420. The minimum Gasteiger partial charge on any atom is -0.363 e. The first-order valence-corrected chi connectivity index (χ1v) is 10.0. The van der Waals surface area contributed by atoms with Gasteiger partial charge in [0.25, 0.3) is 11.8 Å². The van der Waals surface area contributed by atoms with E-state index in [1.165, 1.54) is 5.56 Å². The number of anilines is 1. The standard InChI is InChI=1S/C23H29N3O3/c1-16-8-7-11-19(25-22(27)20-15-26(3)14-17(2)29-20)21(16)23(28)24-13-12-18-9-5-4-6-10-18/h4-11,17,20H,12-15H2,1-3H3,(H,24,28)(H,25,27)/t17-,20-/m1/s1. The van der Waals surface area contributed by atoms with Crippen molar-refractivity contribution in [3.63, 3.8) is 0 Å². The van der Waals surface area contributed by atoms with Crippen molar-refractivity contribution < 1.29 is 14.3 Å². The molecule has 0 saturated carbocycles. The number of morpholine rings is 1. The van der Waals surface area contributed by atoms with Crippen LogP contribution in [0.3, 0.4) is 0 Å². The van der Waals surface area contributed by atoms with Gasteiger partial charge in [-0.2, -0.15) is 0 Å². The lowest BCUT2D eigenvalue weighted by molar-refractivity contribution is -0.139. The monoisotopic (exact) mass is 395 g/mol. The molecule has 1 heterocycles. The quantitative estimate of drug-likeness (QED) is 0.789. The summed E-state index contributed by atoms with van der Waals surface area (Å²) in [6.07, 6.45) is 0.182. The molecule has 2 aromatic carbocycles. The van der Waals surface area contributed by atoms with Gasteiger partial charge in [-0.3, -0.25) is 9.59 Å². The Bertz CT molecular complexity index is 844. The summed E-state index contributed by atoms with van der Waals surface area (Å²) in [7, 11) is 1.97. The maximum absolute atomic E-state index is 12.8. The Morgan fingerprint density at radius 3 is 2.59 bits per heavy atom. The lowest BCUT2D eigenvalue weighted by Gasteiger charge is -2.33. The van der Waals surface area contributed by atoms with Crippen LogP contribution in [0.15, 0.2) is 48.5 Å². The van der Waals surface area contributed by atoms with Crippen LogP contribution < -0.4 is 10.6 Å². The fraction of sp³-hybridized carbons (Fsp3) is 0.391. The highest BCUT2D eigenvalue weighted by Crippen LogP contribution is 2.21. The molecule has 1 fully saturated rings. The smallest absolute Gasteiger partial charge is 0.254 e. The molecule has 0 aromatic heterocycles. The Hall–Kier alpha value is -2.70. The van der Waals surface area contributed by atoms with Gasteiger partial charge in [0, 0.05) is 19.6 Å². The van der Waals surface area contributed by atoms with E-state index in [1.54, 1.807) is 6.07 Å². The van der Waals surface area contributed by atoms with Crippen LogP contribution in [0.4, 0.5) is 5.69 Å². The first-order valence-electron chi connectivity index (χ1n) is 10.0. The molecule has 0 radical (unpaired) electrons. The number of amides is 2. The van der Waals surface area contributed by atoms with Gasteiger partial charge in [0.15, 0.2) is 0 Å². The van der Waals surface area contributed by atoms with E-state index >= 15 is 0 Å². The Morgan fingerprint density at radius 1 is 1.10 bits per heavy atom. The number of carbonyl (C=O) groups excluding carboxylic acids is 2.